The molecule has 24 heavy (non-hydrogen) atoms. The fourth-order valence-electron chi connectivity index (χ4n) is 2.57. The Balaban J connectivity index is 1.88. The number of carbonyl (C=O) groups excluding carboxylic acids is 1. The van der Waals surface area contributed by atoms with E-state index in [1.807, 2.05) is 45.9 Å². The van der Waals surface area contributed by atoms with E-state index in [0.29, 0.717) is 13.2 Å². The number of rotatable bonds is 4. The minimum atomic E-state index is -0.474. The predicted octanol–water partition coefficient (Wildman–Crippen LogP) is 4.03. The zero-order valence-electron chi connectivity index (χ0n) is 15.2. The summed E-state index contributed by atoms with van der Waals surface area (Å²) in [6.07, 6.45) is 1.61. The molecule has 0 saturated carbocycles. The third kappa shape index (κ3) is 5.64. The van der Waals surface area contributed by atoms with E-state index >= 15 is 0 Å². The standard InChI is InChI=1S/C19H28N2O3/c1-14(2)17-10-6-8-15(20-17)13-23-16-9-7-11-21(12-16)18(22)24-19(3,4)5/h6,8,10,16H,1,7,9,11-13H2,2-5H3/t16-/m0/s1. The van der Waals surface area contributed by atoms with Crippen molar-refractivity contribution in [2.45, 2.75) is 58.8 Å². The second kappa shape index (κ2) is 7.79. The van der Waals surface area contributed by atoms with E-state index in [2.05, 4.69) is 11.6 Å². The average molecular weight is 332 g/mol. The smallest absolute Gasteiger partial charge is 0.410 e. The van der Waals surface area contributed by atoms with Gasteiger partial charge in [0.1, 0.15) is 5.60 Å². The fourth-order valence-corrected chi connectivity index (χ4v) is 2.57. The van der Waals surface area contributed by atoms with E-state index in [1.165, 1.54) is 0 Å². The zero-order chi connectivity index (χ0) is 17.7. The molecular formula is C19H28N2O3. The van der Waals surface area contributed by atoms with E-state index in [9.17, 15) is 4.79 Å². The summed E-state index contributed by atoms with van der Waals surface area (Å²) in [6.45, 7) is 13.2. The Labute approximate surface area is 144 Å². The lowest BCUT2D eigenvalue weighted by Crippen LogP contribution is -2.45. The Hall–Kier alpha value is -1.88. The van der Waals surface area contributed by atoms with Gasteiger partial charge in [-0.25, -0.2) is 4.79 Å². The first kappa shape index (κ1) is 18.5. The first-order chi connectivity index (χ1) is 11.2. The number of pyridine rings is 1. The van der Waals surface area contributed by atoms with Gasteiger partial charge in [0.05, 0.1) is 30.6 Å². The van der Waals surface area contributed by atoms with E-state index in [4.69, 9.17) is 9.47 Å². The third-order valence-corrected chi connectivity index (χ3v) is 3.74. The molecule has 0 aromatic carbocycles. The van der Waals surface area contributed by atoms with Crippen LogP contribution in [0.4, 0.5) is 4.79 Å². The maximum Gasteiger partial charge on any atom is 0.410 e. The largest absolute Gasteiger partial charge is 0.444 e. The number of nitrogens with zero attached hydrogens (tertiary/aromatic N) is 2. The van der Waals surface area contributed by atoms with Gasteiger partial charge in [0.2, 0.25) is 0 Å². The SMILES string of the molecule is C=C(C)c1cccc(CO[C@H]2CCCN(C(=O)OC(C)(C)C)C2)n1. The first-order valence-electron chi connectivity index (χ1n) is 8.46. The Morgan fingerprint density at radius 2 is 2.17 bits per heavy atom. The lowest BCUT2D eigenvalue weighted by atomic mass is 10.1. The van der Waals surface area contributed by atoms with Crippen molar-refractivity contribution in [2.75, 3.05) is 13.1 Å². The van der Waals surface area contributed by atoms with Crippen LogP contribution in [-0.4, -0.2) is 40.8 Å². The topological polar surface area (TPSA) is 51.7 Å². The van der Waals surface area contributed by atoms with E-state index in [0.717, 1.165) is 36.3 Å². The fraction of sp³-hybridized carbons (Fsp3) is 0.579. The molecule has 132 valence electrons. The Morgan fingerprint density at radius 3 is 2.83 bits per heavy atom. The maximum absolute atomic E-state index is 12.2. The summed E-state index contributed by atoms with van der Waals surface area (Å²) >= 11 is 0. The molecule has 0 unspecified atom stereocenters. The highest BCUT2D eigenvalue weighted by molar-refractivity contribution is 5.68. The predicted molar refractivity (Wildman–Crippen MR) is 94.6 cm³/mol. The highest BCUT2D eigenvalue weighted by atomic mass is 16.6. The van der Waals surface area contributed by atoms with Crippen LogP contribution in [0.1, 0.15) is 51.9 Å². The molecule has 1 atom stereocenters. The van der Waals surface area contributed by atoms with Gasteiger partial charge < -0.3 is 14.4 Å². The van der Waals surface area contributed by atoms with Crippen LogP contribution >= 0.6 is 0 Å². The van der Waals surface area contributed by atoms with Crippen LogP contribution in [0.25, 0.3) is 5.57 Å². The molecule has 1 aliphatic rings. The summed E-state index contributed by atoms with van der Waals surface area (Å²) in [4.78, 5) is 18.4. The van der Waals surface area contributed by atoms with Gasteiger partial charge in [0.25, 0.3) is 0 Å². The number of piperidine rings is 1. The van der Waals surface area contributed by atoms with Gasteiger partial charge in [0.15, 0.2) is 0 Å². The van der Waals surface area contributed by atoms with Crippen molar-refractivity contribution in [2.24, 2.45) is 0 Å². The van der Waals surface area contributed by atoms with Crippen molar-refractivity contribution in [1.82, 2.24) is 9.88 Å². The van der Waals surface area contributed by atoms with Gasteiger partial charge in [-0.2, -0.15) is 0 Å². The molecule has 1 saturated heterocycles. The summed E-state index contributed by atoms with van der Waals surface area (Å²) in [5.41, 5.74) is 2.23. The van der Waals surface area contributed by atoms with Gasteiger partial charge in [0, 0.05) is 6.54 Å². The molecule has 0 radical (unpaired) electrons. The first-order valence-corrected chi connectivity index (χ1v) is 8.46. The number of hydrogen-bond acceptors (Lipinski definition) is 4. The van der Waals surface area contributed by atoms with Crippen LogP contribution in [0.3, 0.4) is 0 Å². The molecule has 1 amide bonds. The van der Waals surface area contributed by atoms with Gasteiger partial charge in [-0.3, -0.25) is 4.98 Å². The Kier molecular flexibility index (Phi) is 5.99. The lowest BCUT2D eigenvalue weighted by Gasteiger charge is -2.34. The van der Waals surface area contributed by atoms with Crippen molar-refractivity contribution >= 4 is 11.7 Å². The zero-order valence-corrected chi connectivity index (χ0v) is 15.2. The van der Waals surface area contributed by atoms with E-state index < -0.39 is 5.60 Å². The highest BCUT2D eigenvalue weighted by Gasteiger charge is 2.28. The number of allylic oxidation sites excluding steroid dienone is 1. The summed E-state index contributed by atoms with van der Waals surface area (Å²) in [6, 6.07) is 5.85. The minimum absolute atomic E-state index is 0.0153. The molecule has 0 aliphatic carbocycles. The van der Waals surface area contributed by atoms with Gasteiger partial charge >= 0.3 is 6.09 Å². The van der Waals surface area contributed by atoms with Crippen molar-refractivity contribution in [1.29, 1.82) is 0 Å². The number of amides is 1. The summed E-state index contributed by atoms with van der Waals surface area (Å²) < 4.78 is 11.4. The van der Waals surface area contributed by atoms with Crippen LogP contribution in [0.5, 0.6) is 0 Å². The molecule has 5 heteroatoms. The van der Waals surface area contributed by atoms with E-state index in [-0.39, 0.29) is 12.2 Å². The molecule has 1 aromatic heterocycles. The number of hydrogen-bond donors (Lipinski definition) is 0. The average Bonchev–Trinajstić information content (AvgIpc) is 2.52. The number of ether oxygens (including phenoxy) is 2. The molecular weight excluding hydrogens is 304 g/mol. The molecule has 1 fully saturated rings. The summed E-state index contributed by atoms with van der Waals surface area (Å²) in [7, 11) is 0. The number of carbonyl (C=O) groups is 1. The monoisotopic (exact) mass is 332 g/mol. The van der Waals surface area contributed by atoms with Gasteiger partial charge in [-0.15, -0.1) is 0 Å². The van der Waals surface area contributed by atoms with Crippen LogP contribution in [0.2, 0.25) is 0 Å². The van der Waals surface area contributed by atoms with Crippen LogP contribution in [-0.2, 0) is 16.1 Å². The number of aromatic nitrogens is 1. The minimum Gasteiger partial charge on any atom is -0.444 e. The quantitative estimate of drug-likeness (QED) is 0.835. The van der Waals surface area contributed by atoms with Crippen molar-refractivity contribution in [3.05, 3.63) is 36.2 Å². The molecule has 2 rings (SSSR count). The Bertz CT molecular complexity index is 593. The normalized spacial score (nSPS) is 18.3. The second-order valence-electron chi connectivity index (χ2n) is 7.30. The second-order valence-corrected chi connectivity index (χ2v) is 7.30. The van der Waals surface area contributed by atoms with Crippen molar-refractivity contribution in [3.8, 4) is 0 Å². The van der Waals surface area contributed by atoms with Crippen molar-refractivity contribution in [3.63, 3.8) is 0 Å². The van der Waals surface area contributed by atoms with Crippen LogP contribution in [0, 0.1) is 0 Å². The molecule has 1 aliphatic heterocycles. The molecule has 2 heterocycles. The van der Waals surface area contributed by atoms with Crippen molar-refractivity contribution < 1.29 is 14.3 Å². The van der Waals surface area contributed by atoms with E-state index in [1.54, 1.807) is 4.90 Å². The van der Waals surface area contributed by atoms with Crippen LogP contribution < -0.4 is 0 Å². The molecule has 0 bridgehead atoms. The highest BCUT2D eigenvalue weighted by Crippen LogP contribution is 2.18. The molecule has 5 nitrogen and oxygen atoms in total. The van der Waals surface area contributed by atoms with Gasteiger partial charge in [-0.1, -0.05) is 12.6 Å². The third-order valence-electron chi connectivity index (χ3n) is 3.74. The van der Waals surface area contributed by atoms with Gasteiger partial charge in [-0.05, 0) is 58.2 Å². The number of likely N-dealkylation sites (tertiary alicyclic amines) is 1. The summed E-state index contributed by atoms with van der Waals surface area (Å²) in [5, 5.41) is 0. The molecule has 1 aromatic rings. The van der Waals surface area contributed by atoms with Crippen LogP contribution in [0.15, 0.2) is 24.8 Å². The summed E-state index contributed by atoms with van der Waals surface area (Å²) in [5.74, 6) is 0. The molecule has 0 spiro atoms. The lowest BCUT2D eigenvalue weighted by molar-refractivity contribution is -0.0266. The maximum atomic E-state index is 12.2. The Morgan fingerprint density at radius 1 is 1.42 bits per heavy atom. The molecule has 0 N–H and O–H groups in total.